The minimum atomic E-state index is -3.68. The van der Waals surface area contributed by atoms with Gasteiger partial charge >= 0.3 is 0 Å². The predicted molar refractivity (Wildman–Crippen MR) is 147 cm³/mol. The molecule has 0 heterocycles. The largest absolute Gasteiger partial charge is 0.489 e. The van der Waals surface area contributed by atoms with Gasteiger partial charge in [-0.2, -0.15) is 5.10 Å². The first-order valence-electron chi connectivity index (χ1n) is 11.0. The number of para-hydroxylation sites is 1. The molecule has 9 heteroatoms. The van der Waals surface area contributed by atoms with E-state index in [4.69, 9.17) is 4.74 Å². The first kappa shape index (κ1) is 25.4. The number of anilines is 1. The number of ether oxygens (including phenoxy) is 1. The molecule has 1 amide bonds. The van der Waals surface area contributed by atoms with Crippen LogP contribution in [0.5, 0.6) is 5.75 Å². The number of hydrogen-bond donors (Lipinski definition) is 1. The molecule has 0 saturated heterocycles. The molecule has 4 rings (SSSR count). The number of rotatable bonds is 9. The lowest BCUT2D eigenvalue weighted by Gasteiger charge is -2.22. The van der Waals surface area contributed by atoms with E-state index < -0.39 is 22.5 Å². The summed E-state index contributed by atoms with van der Waals surface area (Å²) in [6.07, 6.45) is 2.53. The molecule has 184 valence electrons. The Morgan fingerprint density at radius 1 is 0.972 bits per heavy atom. The lowest BCUT2D eigenvalue weighted by molar-refractivity contribution is -0.119. The number of amides is 1. The van der Waals surface area contributed by atoms with Gasteiger partial charge in [-0.3, -0.25) is 9.10 Å². The molecule has 0 saturated carbocycles. The summed E-state index contributed by atoms with van der Waals surface area (Å²) in [5.74, 6) is 0.142. The topological polar surface area (TPSA) is 88.1 Å². The van der Waals surface area contributed by atoms with Gasteiger partial charge in [-0.05, 0) is 74.2 Å². The molecule has 0 unspecified atom stereocenters. The molecular formula is C27H24BrN3O4S. The zero-order valence-corrected chi connectivity index (χ0v) is 21.9. The number of hydrazone groups is 1. The standard InChI is InChI=1S/C27H24BrN3O4S/c1-36(33,34)31(26-12-5-4-11-25(26)28)18-27(32)30-29-17-20-13-15-23(16-14-20)35-19-22-9-6-8-21-7-2-3-10-24(21)22/h2-17H,18-19H2,1H3,(H,30,32)/b29-17-. The van der Waals surface area contributed by atoms with Gasteiger partial charge in [-0.1, -0.05) is 54.6 Å². The Balaban J connectivity index is 1.33. The van der Waals surface area contributed by atoms with Crippen LogP contribution in [0.1, 0.15) is 11.1 Å². The highest BCUT2D eigenvalue weighted by Crippen LogP contribution is 2.27. The minimum absolute atomic E-state index is 0.373. The second-order valence-corrected chi connectivity index (χ2v) is 10.8. The highest BCUT2D eigenvalue weighted by atomic mass is 79.9. The van der Waals surface area contributed by atoms with Crippen molar-refractivity contribution >= 4 is 54.5 Å². The van der Waals surface area contributed by atoms with Crippen molar-refractivity contribution in [2.75, 3.05) is 17.1 Å². The van der Waals surface area contributed by atoms with Gasteiger partial charge in [-0.15, -0.1) is 0 Å². The van der Waals surface area contributed by atoms with E-state index in [-0.39, 0.29) is 0 Å². The number of carbonyl (C=O) groups is 1. The number of fused-ring (bicyclic) bond motifs is 1. The maximum absolute atomic E-state index is 12.4. The van der Waals surface area contributed by atoms with Crippen LogP contribution in [0.3, 0.4) is 0 Å². The van der Waals surface area contributed by atoms with Crippen molar-refractivity contribution in [3.8, 4) is 5.75 Å². The van der Waals surface area contributed by atoms with Gasteiger partial charge in [0.2, 0.25) is 10.0 Å². The SMILES string of the molecule is CS(=O)(=O)N(CC(=O)N/N=C\c1ccc(OCc2cccc3ccccc23)cc1)c1ccccc1Br. The maximum Gasteiger partial charge on any atom is 0.260 e. The predicted octanol–water partition coefficient (Wildman–Crippen LogP) is 5.10. The Morgan fingerprint density at radius 3 is 2.42 bits per heavy atom. The average Bonchev–Trinajstić information content (AvgIpc) is 2.87. The Morgan fingerprint density at radius 2 is 1.67 bits per heavy atom. The third-order valence-electron chi connectivity index (χ3n) is 5.37. The molecule has 0 radical (unpaired) electrons. The third-order valence-corrected chi connectivity index (χ3v) is 7.16. The fourth-order valence-electron chi connectivity index (χ4n) is 3.61. The van der Waals surface area contributed by atoms with E-state index in [9.17, 15) is 13.2 Å². The molecule has 4 aromatic carbocycles. The van der Waals surface area contributed by atoms with Crippen LogP contribution in [0.2, 0.25) is 0 Å². The molecule has 0 bridgehead atoms. The van der Waals surface area contributed by atoms with Gasteiger partial charge in [0.25, 0.3) is 5.91 Å². The van der Waals surface area contributed by atoms with Gasteiger partial charge in [-0.25, -0.2) is 13.8 Å². The van der Waals surface area contributed by atoms with Gasteiger partial charge in [0.15, 0.2) is 0 Å². The molecule has 1 N–H and O–H groups in total. The first-order valence-corrected chi connectivity index (χ1v) is 13.7. The van der Waals surface area contributed by atoms with Gasteiger partial charge < -0.3 is 4.74 Å². The third kappa shape index (κ3) is 6.50. The number of halogens is 1. The van der Waals surface area contributed by atoms with Crippen molar-refractivity contribution in [1.82, 2.24) is 5.43 Å². The molecular weight excluding hydrogens is 542 g/mol. The quantitative estimate of drug-likeness (QED) is 0.226. The smallest absolute Gasteiger partial charge is 0.260 e. The lowest BCUT2D eigenvalue weighted by atomic mass is 10.1. The zero-order valence-electron chi connectivity index (χ0n) is 19.5. The van der Waals surface area contributed by atoms with Crippen molar-refractivity contribution < 1.29 is 17.9 Å². The molecule has 7 nitrogen and oxygen atoms in total. The monoisotopic (exact) mass is 565 g/mol. The Kier molecular flexibility index (Phi) is 8.02. The second kappa shape index (κ2) is 11.4. The van der Waals surface area contributed by atoms with E-state index in [1.165, 1.54) is 11.6 Å². The summed E-state index contributed by atoms with van der Waals surface area (Å²) < 4.78 is 32.0. The molecule has 0 spiro atoms. The molecule has 0 aliphatic rings. The number of nitrogens with zero attached hydrogens (tertiary/aromatic N) is 2. The Bertz CT molecular complexity index is 1500. The van der Waals surface area contributed by atoms with Crippen molar-refractivity contribution in [3.63, 3.8) is 0 Å². The van der Waals surface area contributed by atoms with Crippen molar-refractivity contribution in [1.29, 1.82) is 0 Å². The molecule has 0 aliphatic carbocycles. The van der Waals surface area contributed by atoms with Crippen LogP contribution in [0.15, 0.2) is 101 Å². The van der Waals surface area contributed by atoms with Crippen molar-refractivity contribution in [2.45, 2.75) is 6.61 Å². The summed E-state index contributed by atoms with van der Waals surface area (Å²) in [5, 5.41) is 6.28. The maximum atomic E-state index is 12.4. The van der Waals surface area contributed by atoms with Crippen LogP contribution in [0.4, 0.5) is 5.69 Å². The van der Waals surface area contributed by atoms with Crippen LogP contribution in [-0.4, -0.2) is 33.3 Å². The highest BCUT2D eigenvalue weighted by Gasteiger charge is 2.22. The summed E-state index contributed by atoms with van der Waals surface area (Å²) in [5.41, 5.74) is 4.60. The van der Waals surface area contributed by atoms with Gasteiger partial charge in [0.1, 0.15) is 18.9 Å². The summed E-state index contributed by atoms with van der Waals surface area (Å²) in [4.78, 5) is 12.4. The number of benzene rings is 4. The van der Waals surface area contributed by atoms with E-state index in [1.54, 1.807) is 24.3 Å². The lowest BCUT2D eigenvalue weighted by Crippen LogP contribution is -2.39. The number of carbonyl (C=O) groups excluding carboxylic acids is 1. The molecule has 0 aromatic heterocycles. The van der Waals surface area contributed by atoms with E-state index >= 15 is 0 Å². The van der Waals surface area contributed by atoms with E-state index in [1.807, 2.05) is 48.5 Å². The Labute approximate surface area is 218 Å². The molecule has 0 aliphatic heterocycles. The average molecular weight is 566 g/mol. The normalized spacial score (nSPS) is 11.5. The van der Waals surface area contributed by atoms with Crippen LogP contribution < -0.4 is 14.5 Å². The minimum Gasteiger partial charge on any atom is -0.489 e. The Hall–Kier alpha value is -3.69. The summed E-state index contributed by atoms with van der Waals surface area (Å²) in [6.45, 7) is 0.0406. The second-order valence-electron chi connectivity index (χ2n) is 8.01. The summed E-state index contributed by atoms with van der Waals surface area (Å²) in [6, 6.07) is 28.4. The summed E-state index contributed by atoms with van der Waals surface area (Å²) in [7, 11) is -3.68. The van der Waals surface area contributed by atoms with E-state index in [0.717, 1.165) is 27.1 Å². The van der Waals surface area contributed by atoms with E-state index in [0.29, 0.717) is 22.5 Å². The van der Waals surface area contributed by atoms with Gasteiger partial charge in [0.05, 0.1) is 18.2 Å². The van der Waals surface area contributed by atoms with Crippen LogP contribution in [0, 0.1) is 0 Å². The zero-order chi connectivity index (χ0) is 25.5. The molecule has 0 atom stereocenters. The van der Waals surface area contributed by atoms with E-state index in [2.05, 4.69) is 44.7 Å². The summed E-state index contributed by atoms with van der Waals surface area (Å²) >= 11 is 3.33. The van der Waals surface area contributed by atoms with Gasteiger partial charge in [0, 0.05) is 4.47 Å². The number of hydrogen-bond acceptors (Lipinski definition) is 5. The van der Waals surface area contributed by atoms with Crippen LogP contribution >= 0.6 is 15.9 Å². The fraction of sp³-hybridized carbons (Fsp3) is 0.111. The number of nitrogens with one attached hydrogen (secondary N) is 1. The van der Waals surface area contributed by atoms with Crippen molar-refractivity contribution in [2.24, 2.45) is 5.10 Å². The number of sulfonamides is 1. The molecule has 0 fully saturated rings. The van der Waals surface area contributed by atoms with Crippen LogP contribution in [0.25, 0.3) is 10.8 Å². The van der Waals surface area contributed by atoms with Crippen LogP contribution in [-0.2, 0) is 21.4 Å². The first-order chi connectivity index (χ1) is 17.3. The molecule has 4 aromatic rings. The fourth-order valence-corrected chi connectivity index (χ4v) is 5.09. The van der Waals surface area contributed by atoms with Crippen molar-refractivity contribution in [3.05, 3.63) is 107 Å². The molecule has 36 heavy (non-hydrogen) atoms. The highest BCUT2D eigenvalue weighted by molar-refractivity contribution is 9.10.